The maximum atomic E-state index is 13.2. The molecule has 2 amide bonds. The third-order valence-corrected chi connectivity index (χ3v) is 7.03. The van der Waals surface area contributed by atoms with Crippen molar-refractivity contribution >= 4 is 39.2 Å². The fraction of sp³-hybridized carbons (Fsp3) is 0.240. The number of Topliss-reactive ketones (excluding diaryl/α,β-unsaturated/α-hetero) is 1. The molecule has 8 heteroatoms. The topological polar surface area (TPSA) is 79.3 Å². The van der Waals surface area contributed by atoms with Gasteiger partial charge in [-0.15, -0.1) is 0 Å². The highest BCUT2D eigenvalue weighted by molar-refractivity contribution is 7.17. The molecule has 3 aromatic heterocycles. The van der Waals surface area contributed by atoms with Gasteiger partial charge in [0, 0.05) is 50.0 Å². The average molecular weight is 458 g/mol. The molecule has 1 aliphatic heterocycles. The molecule has 0 spiro atoms. The Bertz CT molecular complexity index is 1320. The lowest BCUT2D eigenvalue weighted by molar-refractivity contribution is 0.0986. The summed E-state index contributed by atoms with van der Waals surface area (Å²) in [6, 6.07) is 13.7. The standard InChI is InChI=1S/C25H23N5O2S/c1-17-23(21(31)10-9-18-5-3-11-26-15-18)33-24(28-17)30-14-13-29(25(30)32)16-20-7-2-6-19-8-4-12-27-22(19)20/h2-8,11-12,15H,9-10,13-14,16H2,1H3. The van der Waals surface area contributed by atoms with Gasteiger partial charge < -0.3 is 4.90 Å². The highest BCUT2D eigenvalue weighted by Gasteiger charge is 2.32. The van der Waals surface area contributed by atoms with E-state index in [2.05, 4.69) is 15.0 Å². The maximum Gasteiger partial charge on any atom is 0.326 e. The molecule has 0 radical (unpaired) electrons. The van der Waals surface area contributed by atoms with E-state index in [0.717, 1.165) is 22.0 Å². The Morgan fingerprint density at radius 3 is 2.79 bits per heavy atom. The Morgan fingerprint density at radius 1 is 1.09 bits per heavy atom. The van der Waals surface area contributed by atoms with E-state index < -0.39 is 0 Å². The minimum atomic E-state index is -0.0916. The third kappa shape index (κ3) is 4.34. The molecule has 0 aliphatic carbocycles. The number of aromatic nitrogens is 3. The van der Waals surface area contributed by atoms with Crippen molar-refractivity contribution in [2.75, 3.05) is 18.0 Å². The van der Waals surface area contributed by atoms with Crippen LogP contribution in [0, 0.1) is 6.92 Å². The molecule has 0 bridgehead atoms. The highest BCUT2D eigenvalue weighted by Crippen LogP contribution is 2.31. The van der Waals surface area contributed by atoms with Crippen LogP contribution >= 0.6 is 11.3 Å². The lowest BCUT2D eigenvalue weighted by atomic mass is 10.1. The number of hydrogen-bond acceptors (Lipinski definition) is 6. The molecule has 4 aromatic rings. The van der Waals surface area contributed by atoms with Gasteiger partial charge in [-0.2, -0.15) is 0 Å². The summed E-state index contributed by atoms with van der Waals surface area (Å²) in [5, 5.41) is 1.64. The number of rotatable bonds is 7. The molecule has 1 fully saturated rings. The van der Waals surface area contributed by atoms with Gasteiger partial charge in [-0.3, -0.25) is 19.7 Å². The second kappa shape index (κ2) is 9.07. The van der Waals surface area contributed by atoms with Crippen molar-refractivity contribution in [3.05, 3.63) is 82.8 Å². The number of carbonyl (C=O) groups is 2. The number of carbonyl (C=O) groups excluding carboxylic acids is 2. The monoisotopic (exact) mass is 457 g/mol. The molecule has 4 heterocycles. The van der Waals surface area contributed by atoms with Gasteiger partial charge in [-0.25, -0.2) is 9.78 Å². The van der Waals surface area contributed by atoms with Gasteiger partial charge in [0.05, 0.1) is 16.1 Å². The van der Waals surface area contributed by atoms with Crippen molar-refractivity contribution < 1.29 is 9.59 Å². The molecule has 0 saturated carbocycles. The summed E-state index contributed by atoms with van der Waals surface area (Å²) in [6.45, 7) is 3.47. The number of fused-ring (bicyclic) bond motifs is 1. The van der Waals surface area contributed by atoms with Crippen LogP contribution in [0.1, 0.15) is 32.9 Å². The Labute approximate surface area is 195 Å². The lowest BCUT2D eigenvalue weighted by Gasteiger charge is -2.17. The van der Waals surface area contributed by atoms with Crippen LogP contribution in [0.25, 0.3) is 10.9 Å². The zero-order valence-corrected chi connectivity index (χ0v) is 19.1. The van der Waals surface area contributed by atoms with Crippen LogP contribution < -0.4 is 4.90 Å². The Hall–Kier alpha value is -3.65. The van der Waals surface area contributed by atoms with Gasteiger partial charge in [-0.1, -0.05) is 41.7 Å². The van der Waals surface area contributed by atoms with Crippen molar-refractivity contribution in [1.29, 1.82) is 0 Å². The van der Waals surface area contributed by atoms with Crippen LogP contribution in [-0.2, 0) is 13.0 Å². The van der Waals surface area contributed by atoms with Crippen molar-refractivity contribution in [2.24, 2.45) is 0 Å². The largest absolute Gasteiger partial charge is 0.326 e. The molecule has 166 valence electrons. The summed E-state index contributed by atoms with van der Waals surface area (Å²) >= 11 is 1.30. The molecule has 0 N–H and O–H groups in total. The molecule has 5 rings (SSSR count). The molecule has 7 nitrogen and oxygen atoms in total. The van der Waals surface area contributed by atoms with Crippen LogP contribution in [0.2, 0.25) is 0 Å². The van der Waals surface area contributed by atoms with Gasteiger partial charge in [0.1, 0.15) is 0 Å². The first-order valence-corrected chi connectivity index (χ1v) is 11.7. The van der Waals surface area contributed by atoms with E-state index in [9.17, 15) is 9.59 Å². The number of benzene rings is 1. The second-order valence-electron chi connectivity index (χ2n) is 8.04. The fourth-order valence-corrected chi connectivity index (χ4v) is 5.14. The number of para-hydroxylation sites is 1. The molecule has 0 unspecified atom stereocenters. The first-order valence-electron chi connectivity index (χ1n) is 10.9. The van der Waals surface area contributed by atoms with Crippen molar-refractivity contribution in [1.82, 2.24) is 19.9 Å². The zero-order chi connectivity index (χ0) is 22.8. The number of ketones is 1. The molecule has 0 atom stereocenters. The second-order valence-corrected chi connectivity index (χ2v) is 9.02. The van der Waals surface area contributed by atoms with E-state index in [0.29, 0.717) is 48.2 Å². The number of urea groups is 1. The average Bonchev–Trinajstić information content (AvgIpc) is 3.40. The summed E-state index contributed by atoms with van der Waals surface area (Å²) in [5.74, 6) is 0.0467. The molecular weight excluding hydrogens is 434 g/mol. The smallest absolute Gasteiger partial charge is 0.318 e. The van der Waals surface area contributed by atoms with Crippen LogP contribution in [0.4, 0.5) is 9.93 Å². The van der Waals surface area contributed by atoms with E-state index in [1.54, 1.807) is 23.5 Å². The van der Waals surface area contributed by atoms with Crippen molar-refractivity contribution in [3.8, 4) is 0 Å². The summed E-state index contributed by atoms with van der Waals surface area (Å²) in [5.41, 5.74) is 3.64. The van der Waals surface area contributed by atoms with Crippen molar-refractivity contribution in [2.45, 2.75) is 26.3 Å². The lowest BCUT2D eigenvalue weighted by Crippen LogP contribution is -2.31. The molecular formula is C25H23N5O2S. The predicted octanol–water partition coefficient (Wildman–Crippen LogP) is 4.65. The zero-order valence-electron chi connectivity index (χ0n) is 18.3. The Morgan fingerprint density at radius 2 is 1.94 bits per heavy atom. The molecule has 1 aromatic carbocycles. The van der Waals surface area contributed by atoms with Gasteiger partial charge >= 0.3 is 6.03 Å². The summed E-state index contributed by atoms with van der Waals surface area (Å²) < 4.78 is 0. The van der Waals surface area contributed by atoms with Gasteiger partial charge in [0.25, 0.3) is 0 Å². The number of hydrogen-bond donors (Lipinski definition) is 0. The van der Waals surface area contributed by atoms with Gasteiger partial charge in [0.15, 0.2) is 10.9 Å². The van der Waals surface area contributed by atoms with E-state index in [1.807, 2.05) is 54.3 Å². The summed E-state index contributed by atoms with van der Waals surface area (Å²) in [7, 11) is 0. The molecule has 33 heavy (non-hydrogen) atoms. The Balaban J connectivity index is 1.28. The first kappa shape index (κ1) is 21.2. The van der Waals surface area contributed by atoms with Crippen molar-refractivity contribution in [3.63, 3.8) is 0 Å². The minimum absolute atomic E-state index is 0.0467. The minimum Gasteiger partial charge on any atom is -0.318 e. The number of thiazole rings is 1. The highest BCUT2D eigenvalue weighted by atomic mass is 32.1. The molecule has 1 saturated heterocycles. The van der Waals surface area contributed by atoms with E-state index in [4.69, 9.17) is 0 Å². The van der Waals surface area contributed by atoms with E-state index in [1.165, 1.54) is 11.3 Å². The van der Waals surface area contributed by atoms with E-state index in [-0.39, 0.29) is 11.8 Å². The van der Waals surface area contributed by atoms with Gasteiger partial charge in [0.2, 0.25) is 0 Å². The Kier molecular flexibility index (Phi) is 5.83. The SMILES string of the molecule is Cc1nc(N2CCN(Cc3cccc4cccnc34)C2=O)sc1C(=O)CCc1cccnc1. The molecule has 1 aliphatic rings. The van der Waals surface area contributed by atoms with Crippen LogP contribution in [-0.4, -0.2) is 44.8 Å². The number of nitrogens with zero attached hydrogens (tertiary/aromatic N) is 5. The fourth-order valence-electron chi connectivity index (χ4n) is 4.08. The number of pyridine rings is 2. The first-order chi connectivity index (χ1) is 16.1. The van der Waals surface area contributed by atoms with Crippen LogP contribution in [0.5, 0.6) is 0 Å². The number of aryl methyl sites for hydroxylation is 2. The third-order valence-electron chi connectivity index (χ3n) is 5.81. The number of anilines is 1. The number of amides is 2. The van der Waals surface area contributed by atoms with Crippen LogP contribution in [0.3, 0.4) is 0 Å². The van der Waals surface area contributed by atoms with Gasteiger partial charge in [-0.05, 0) is 36.6 Å². The normalized spacial score (nSPS) is 13.8. The predicted molar refractivity (Wildman–Crippen MR) is 129 cm³/mol. The van der Waals surface area contributed by atoms with E-state index >= 15 is 0 Å². The quantitative estimate of drug-likeness (QED) is 0.377. The maximum absolute atomic E-state index is 13.2. The summed E-state index contributed by atoms with van der Waals surface area (Å²) in [6.07, 6.45) is 6.30. The van der Waals surface area contributed by atoms with Crippen LogP contribution in [0.15, 0.2) is 61.1 Å². The summed E-state index contributed by atoms with van der Waals surface area (Å²) in [4.78, 5) is 43.2.